The van der Waals surface area contributed by atoms with Crippen LogP contribution in [0.25, 0.3) is 11.0 Å². The van der Waals surface area contributed by atoms with Gasteiger partial charge in [-0.1, -0.05) is 12.1 Å². The lowest BCUT2D eigenvalue weighted by atomic mass is 9.98. The van der Waals surface area contributed by atoms with Crippen molar-refractivity contribution in [1.29, 1.82) is 0 Å². The number of aromatic amines is 1. The number of aromatic nitrogens is 2. The first-order chi connectivity index (χ1) is 11.6. The molecule has 0 spiro atoms. The molecule has 3 N–H and O–H groups in total. The van der Waals surface area contributed by atoms with E-state index in [4.69, 9.17) is 5.73 Å². The number of rotatable bonds is 4. The number of nitrogens with one attached hydrogen (secondary N) is 1. The monoisotopic (exact) mass is 380 g/mol. The summed E-state index contributed by atoms with van der Waals surface area (Å²) in [5.74, 6) is 2.83. The lowest BCUT2D eigenvalue weighted by Crippen LogP contribution is -2.34. The Hall–Kier alpha value is -1.24. The number of hydrogen-bond donors (Lipinski definition) is 2. The molecular formula is C18H25ClN4OS. The predicted molar refractivity (Wildman–Crippen MR) is 105 cm³/mol. The summed E-state index contributed by atoms with van der Waals surface area (Å²) in [7, 11) is 0. The fourth-order valence-electron chi connectivity index (χ4n) is 4.04. The van der Waals surface area contributed by atoms with Crippen molar-refractivity contribution in [3.63, 3.8) is 0 Å². The number of nitrogens with two attached hydrogens (primary N) is 1. The molecule has 1 amide bonds. The van der Waals surface area contributed by atoms with Crippen LogP contribution in [0.5, 0.6) is 0 Å². The molecule has 1 saturated heterocycles. The number of para-hydroxylation sites is 2. The van der Waals surface area contributed by atoms with Crippen LogP contribution in [-0.4, -0.2) is 45.7 Å². The average Bonchev–Trinajstić information content (AvgIpc) is 3.27. The zero-order chi connectivity index (χ0) is 16.7. The Morgan fingerprint density at radius 3 is 2.96 bits per heavy atom. The zero-order valence-electron chi connectivity index (χ0n) is 14.4. The van der Waals surface area contributed by atoms with E-state index in [2.05, 4.69) is 16.9 Å². The highest BCUT2D eigenvalue weighted by molar-refractivity contribution is 8.00. The van der Waals surface area contributed by atoms with Gasteiger partial charge in [-0.15, -0.1) is 24.2 Å². The number of H-pyrrole nitrogens is 1. The Morgan fingerprint density at radius 2 is 2.20 bits per heavy atom. The van der Waals surface area contributed by atoms with Crippen molar-refractivity contribution in [1.82, 2.24) is 14.9 Å². The second kappa shape index (κ2) is 7.56. The normalized spacial score (nSPS) is 26.5. The number of hydrogen-bond acceptors (Lipinski definition) is 4. The third-order valence-corrected chi connectivity index (χ3v) is 6.65. The largest absolute Gasteiger partial charge is 0.341 e. The molecule has 4 unspecified atom stereocenters. The van der Waals surface area contributed by atoms with E-state index >= 15 is 0 Å². The van der Waals surface area contributed by atoms with Gasteiger partial charge in [-0.25, -0.2) is 4.98 Å². The van der Waals surface area contributed by atoms with Gasteiger partial charge in [-0.3, -0.25) is 4.79 Å². The first-order valence-electron chi connectivity index (χ1n) is 8.71. The number of thioether (sulfide) groups is 1. The number of amides is 1. The van der Waals surface area contributed by atoms with Gasteiger partial charge in [0.2, 0.25) is 5.91 Å². The lowest BCUT2D eigenvalue weighted by molar-refractivity contribution is -0.127. The van der Waals surface area contributed by atoms with Crippen molar-refractivity contribution in [3.8, 4) is 0 Å². The molecule has 2 heterocycles. The molecule has 25 heavy (non-hydrogen) atoms. The Labute approximate surface area is 158 Å². The van der Waals surface area contributed by atoms with Crippen LogP contribution >= 0.6 is 24.2 Å². The first-order valence-corrected chi connectivity index (χ1v) is 9.76. The number of carbonyl (C=O) groups is 1. The second-order valence-corrected chi connectivity index (χ2v) is 8.39. The van der Waals surface area contributed by atoms with Gasteiger partial charge in [-0.2, -0.15) is 0 Å². The summed E-state index contributed by atoms with van der Waals surface area (Å²) in [6.45, 7) is 3.85. The fraction of sp³-hybridized carbons (Fsp3) is 0.556. The number of benzene rings is 1. The minimum absolute atomic E-state index is 0. The van der Waals surface area contributed by atoms with E-state index in [9.17, 15) is 4.79 Å². The number of carbonyl (C=O) groups excluding carboxylic acids is 1. The topological polar surface area (TPSA) is 75.0 Å². The zero-order valence-corrected chi connectivity index (χ0v) is 16.0. The number of nitrogens with zero attached hydrogens (tertiary/aromatic N) is 2. The van der Waals surface area contributed by atoms with Crippen molar-refractivity contribution >= 4 is 41.1 Å². The SMILES string of the molecule is CC(SCC(=O)N1CC2CCC(N)C2C1)c1nc2ccccc2[nH]1.Cl. The highest BCUT2D eigenvalue weighted by atomic mass is 35.5. The third kappa shape index (κ3) is 3.66. The molecule has 7 heteroatoms. The molecule has 5 nitrogen and oxygen atoms in total. The van der Waals surface area contributed by atoms with E-state index in [0.717, 1.165) is 36.4 Å². The summed E-state index contributed by atoms with van der Waals surface area (Å²) in [6.07, 6.45) is 2.30. The van der Waals surface area contributed by atoms with Crippen LogP contribution in [0.15, 0.2) is 24.3 Å². The minimum atomic E-state index is 0. The van der Waals surface area contributed by atoms with Gasteiger partial charge in [0.05, 0.1) is 22.0 Å². The maximum atomic E-state index is 12.5. The molecule has 2 aliphatic rings. The summed E-state index contributed by atoms with van der Waals surface area (Å²) in [6, 6.07) is 8.31. The van der Waals surface area contributed by atoms with Crippen molar-refractivity contribution in [3.05, 3.63) is 30.1 Å². The van der Waals surface area contributed by atoms with E-state index in [-0.39, 0.29) is 29.6 Å². The van der Waals surface area contributed by atoms with E-state index in [0.29, 0.717) is 17.6 Å². The van der Waals surface area contributed by atoms with Crippen molar-refractivity contribution < 1.29 is 4.79 Å². The first kappa shape index (κ1) is 18.5. The highest BCUT2D eigenvalue weighted by Gasteiger charge is 2.42. The van der Waals surface area contributed by atoms with Gasteiger partial charge in [-0.05, 0) is 43.7 Å². The molecule has 136 valence electrons. The van der Waals surface area contributed by atoms with Crippen LogP contribution in [0, 0.1) is 11.8 Å². The molecule has 4 atom stereocenters. The summed E-state index contributed by atoms with van der Waals surface area (Å²) in [5.41, 5.74) is 8.19. The predicted octanol–water partition coefficient (Wildman–Crippen LogP) is 2.97. The highest BCUT2D eigenvalue weighted by Crippen LogP contribution is 2.37. The molecule has 0 radical (unpaired) electrons. The van der Waals surface area contributed by atoms with Crippen LogP contribution in [0.1, 0.15) is 30.8 Å². The fourth-order valence-corrected chi connectivity index (χ4v) is 4.89. The number of likely N-dealkylation sites (tertiary alicyclic amines) is 1. The van der Waals surface area contributed by atoms with Gasteiger partial charge in [0.15, 0.2) is 0 Å². The molecule has 1 aliphatic heterocycles. The Kier molecular flexibility index (Phi) is 5.61. The Bertz CT molecular complexity index is 719. The summed E-state index contributed by atoms with van der Waals surface area (Å²) in [5, 5.41) is 0.172. The standard InChI is InChI=1S/C18H24N4OS.ClH/c1-11(18-20-15-4-2-3-5-16(15)21-18)24-10-17(23)22-8-12-6-7-14(19)13(12)9-22;/h2-5,11-14H,6-10,19H2,1H3,(H,20,21);1H. The maximum Gasteiger partial charge on any atom is 0.232 e. The molecule has 1 saturated carbocycles. The molecule has 1 aromatic heterocycles. The van der Waals surface area contributed by atoms with Crippen LogP contribution in [0.4, 0.5) is 0 Å². The quantitative estimate of drug-likeness (QED) is 0.855. The van der Waals surface area contributed by atoms with E-state index in [1.54, 1.807) is 11.8 Å². The molecule has 2 fully saturated rings. The van der Waals surface area contributed by atoms with Crippen molar-refractivity contribution in [2.24, 2.45) is 17.6 Å². The third-order valence-electron chi connectivity index (χ3n) is 5.51. The van der Waals surface area contributed by atoms with Crippen LogP contribution in [0.2, 0.25) is 0 Å². The van der Waals surface area contributed by atoms with Crippen molar-refractivity contribution in [2.75, 3.05) is 18.8 Å². The Balaban J connectivity index is 0.00000182. The van der Waals surface area contributed by atoms with Gasteiger partial charge >= 0.3 is 0 Å². The molecule has 2 aromatic rings. The molecule has 1 aromatic carbocycles. The van der Waals surface area contributed by atoms with Gasteiger partial charge in [0.25, 0.3) is 0 Å². The molecular weight excluding hydrogens is 356 g/mol. The number of imidazole rings is 1. The van der Waals surface area contributed by atoms with Gasteiger partial charge in [0.1, 0.15) is 5.82 Å². The average molecular weight is 381 g/mol. The minimum Gasteiger partial charge on any atom is -0.341 e. The van der Waals surface area contributed by atoms with Gasteiger partial charge in [0, 0.05) is 19.1 Å². The summed E-state index contributed by atoms with van der Waals surface area (Å²) >= 11 is 1.65. The smallest absolute Gasteiger partial charge is 0.232 e. The second-order valence-electron chi connectivity index (χ2n) is 7.06. The number of fused-ring (bicyclic) bond motifs is 2. The van der Waals surface area contributed by atoms with Crippen LogP contribution in [-0.2, 0) is 4.79 Å². The Morgan fingerprint density at radius 1 is 1.40 bits per heavy atom. The molecule has 0 bridgehead atoms. The van der Waals surface area contributed by atoms with Crippen LogP contribution in [0.3, 0.4) is 0 Å². The summed E-state index contributed by atoms with van der Waals surface area (Å²) < 4.78 is 0. The van der Waals surface area contributed by atoms with Crippen molar-refractivity contribution in [2.45, 2.75) is 31.1 Å². The van der Waals surface area contributed by atoms with Crippen LogP contribution < -0.4 is 5.73 Å². The molecule has 1 aliphatic carbocycles. The maximum absolute atomic E-state index is 12.5. The summed E-state index contributed by atoms with van der Waals surface area (Å²) in [4.78, 5) is 22.5. The van der Waals surface area contributed by atoms with Gasteiger partial charge < -0.3 is 15.6 Å². The lowest BCUT2D eigenvalue weighted by Gasteiger charge is -2.19. The van der Waals surface area contributed by atoms with E-state index in [1.807, 2.05) is 29.2 Å². The van der Waals surface area contributed by atoms with E-state index in [1.165, 1.54) is 6.42 Å². The number of halogens is 1. The molecule has 4 rings (SSSR count). The van der Waals surface area contributed by atoms with E-state index < -0.39 is 0 Å².